The first-order valence-electron chi connectivity index (χ1n) is 6.93. The summed E-state index contributed by atoms with van der Waals surface area (Å²) in [7, 11) is 2.13. The molecule has 3 atom stereocenters. The van der Waals surface area contributed by atoms with Gasteiger partial charge in [0.05, 0.1) is 0 Å². The van der Waals surface area contributed by atoms with Crippen LogP contribution in [0.4, 0.5) is 0 Å². The predicted octanol–water partition coefficient (Wildman–Crippen LogP) is 2.49. The van der Waals surface area contributed by atoms with Crippen molar-refractivity contribution in [3.63, 3.8) is 0 Å². The van der Waals surface area contributed by atoms with Crippen LogP contribution < -0.4 is 5.32 Å². The van der Waals surface area contributed by atoms with Crippen molar-refractivity contribution < 1.29 is 0 Å². The van der Waals surface area contributed by atoms with Gasteiger partial charge in [-0.2, -0.15) is 0 Å². The number of likely N-dealkylation sites (tertiary alicyclic amines) is 1. The maximum Gasteiger partial charge on any atom is 0.0249 e. The molecule has 0 aromatic rings. The summed E-state index contributed by atoms with van der Waals surface area (Å²) in [5.74, 6) is 0.894. The van der Waals surface area contributed by atoms with E-state index in [-0.39, 0.29) is 0 Å². The molecule has 0 bridgehead atoms. The average Bonchev–Trinajstić information content (AvgIpc) is 2.84. The zero-order chi connectivity index (χ0) is 11.8. The zero-order valence-electron chi connectivity index (χ0n) is 11.4. The normalized spacial score (nSPS) is 37.1. The van der Waals surface area contributed by atoms with Gasteiger partial charge >= 0.3 is 0 Å². The SMILES string of the molecule is CNC1CCCC1N1CCC(C(C)(C)C)C1. The lowest BCUT2D eigenvalue weighted by Gasteiger charge is -2.31. The molecule has 1 saturated heterocycles. The fourth-order valence-electron chi connectivity index (χ4n) is 3.51. The zero-order valence-corrected chi connectivity index (χ0v) is 11.4. The number of likely N-dealkylation sites (N-methyl/N-ethyl adjacent to an activating group) is 1. The van der Waals surface area contributed by atoms with Gasteiger partial charge in [-0.3, -0.25) is 4.90 Å². The second-order valence-corrected chi connectivity index (χ2v) is 6.74. The van der Waals surface area contributed by atoms with Crippen molar-refractivity contribution in [1.82, 2.24) is 10.2 Å². The molecule has 2 heteroatoms. The van der Waals surface area contributed by atoms with Crippen LogP contribution in [-0.2, 0) is 0 Å². The predicted molar refractivity (Wildman–Crippen MR) is 69.6 cm³/mol. The third-order valence-corrected chi connectivity index (χ3v) is 4.76. The van der Waals surface area contributed by atoms with E-state index in [0.717, 1.165) is 18.0 Å². The summed E-state index contributed by atoms with van der Waals surface area (Å²) in [5.41, 5.74) is 0.489. The molecule has 1 N–H and O–H groups in total. The van der Waals surface area contributed by atoms with Crippen molar-refractivity contribution in [3.8, 4) is 0 Å². The van der Waals surface area contributed by atoms with Gasteiger partial charge in [-0.25, -0.2) is 0 Å². The number of nitrogens with one attached hydrogen (secondary N) is 1. The average molecular weight is 224 g/mol. The molecule has 0 radical (unpaired) electrons. The Hall–Kier alpha value is -0.0800. The minimum absolute atomic E-state index is 0.489. The van der Waals surface area contributed by atoms with E-state index in [1.54, 1.807) is 0 Å². The third kappa shape index (κ3) is 2.43. The number of hydrogen-bond donors (Lipinski definition) is 1. The molecule has 94 valence electrons. The molecular formula is C14H28N2. The van der Waals surface area contributed by atoms with Gasteiger partial charge in [-0.15, -0.1) is 0 Å². The lowest BCUT2D eigenvalue weighted by atomic mass is 9.80. The van der Waals surface area contributed by atoms with E-state index in [9.17, 15) is 0 Å². The quantitative estimate of drug-likeness (QED) is 0.775. The van der Waals surface area contributed by atoms with Crippen LogP contribution in [0.3, 0.4) is 0 Å². The van der Waals surface area contributed by atoms with Gasteiger partial charge < -0.3 is 5.32 Å². The van der Waals surface area contributed by atoms with Crippen molar-refractivity contribution in [2.45, 2.75) is 58.5 Å². The van der Waals surface area contributed by atoms with Gasteiger partial charge in [0, 0.05) is 18.6 Å². The van der Waals surface area contributed by atoms with Gasteiger partial charge in [-0.05, 0) is 44.2 Å². The van der Waals surface area contributed by atoms with Gasteiger partial charge in [0.25, 0.3) is 0 Å². The molecule has 1 heterocycles. The highest BCUT2D eigenvalue weighted by molar-refractivity contribution is 4.94. The summed E-state index contributed by atoms with van der Waals surface area (Å²) < 4.78 is 0. The summed E-state index contributed by atoms with van der Waals surface area (Å²) in [6.45, 7) is 9.83. The minimum Gasteiger partial charge on any atom is -0.315 e. The summed E-state index contributed by atoms with van der Waals surface area (Å²) >= 11 is 0. The number of rotatable bonds is 2. The Morgan fingerprint density at radius 3 is 2.44 bits per heavy atom. The van der Waals surface area contributed by atoms with E-state index < -0.39 is 0 Å². The fourth-order valence-corrected chi connectivity index (χ4v) is 3.51. The van der Waals surface area contributed by atoms with Gasteiger partial charge in [0.2, 0.25) is 0 Å². The molecule has 16 heavy (non-hydrogen) atoms. The van der Waals surface area contributed by atoms with Gasteiger partial charge in [0.1, 0.15) is 0 Å². The second-order valence-electron chi connectivity index (χ2n) is 6.74. The molecule has 1 saturated carbocycles. The molecule has 2 fully saturated rings. The molecule has 2 nitrogen and oxygen atoms in total. The van der Waals surface area contributed by atoms with Crippen LogP contribution in [0.2, 0.25) is 0 Å². The van der Waals surface area contributed by atoms with Gasteiger partial charge in [-0.1, -0.05) is 27.2 Å². The molecule has 1 aliphatic heterocycles. The molecule has 1 aliphatic carbocycles. The largest absolute Gasteiger partial charge is 0.315 e. The molecule has 2 aliphatic rings. The monoisotopic (exact) mass is 224 g/mol. The highest BCUT2D eigenvalue weighted by atomic mass is 15.2. The van der Waals surface area contributed by atoms with E-state index in [2.05, 4.69) is 38.0 Å². The third-order valence-electron chi connectivity index (χ3n) is 4.76. The Labute approximate surface area is 101 Å². The lowest BCUT2D eigenvalue weighted by Crippen LogP contribution is -2.45. The van der Waals surface area contributed by atoms with Crippen LogP contribution in [-0.4, -0.2) is 37.1 Å². The molecule has 0 aromatic heterocycles. The van der Waals surface area contributed by atoms with Crippen molar-refractivity contribution in [1.29, 1.82) is 0 Å². The summed E-state index contributed by atoms with van der Waals surface area (Å²) in [5, 5.41) is 3.50. The first-order valence-corrected chi connectivity index (χ1v) is 6.93. The minimum atomic E-state index is 0.489. The van der Waals surface area contributed by atoms with E-state index in [1.165, 1.54) is 38.8 Å². The summed E-state index contributed by atoms with van der Waals surface area (Å²) in [6, 6.07) is 1.57. The molecular weight excluding hydrogens is 196 g/mol. The van der Waals surface area contributed by atoms with E-state index in [0.29, 0.717) is 5.41 Å². The van der Waals surface area contributed by atoms with Crippen LogP contribution >= 0.6 is 0 Å². The molecule has 3 unspecified atom stereocenters. The Kier molecular flexibility index (Phi) is 3.60. The smallest absolute Gasteiger partial charge is 0.0249 e. The van der Waals surface area contributed by atoms with Crippen molar-refractivity contribution in [2.24, 2.45) is 11.3 Å². The lowest BCUT2D eigenvalue weighted by molar-refractivity contribution is 0.179. The topological polar surface area (TPSA) is 15.3 Å². The van der Waals surface area contributed by atoms with E-state index >= 15 is 0 Å². The van der Waals surface area contributed by atoms with E-state index in [4.69, 9.17) is 0 Å². The maximum absolute atomic E-state index is 3.50. The van der Waals surface area contributed by atoms with Crippen LogP contribution in [0.1, 0.15) is 46.5 Å². The maximum atomic E-state index is 3.50. The van der Waals surface area contributed by atoms with Crippen molar-refractivity contribution in [3.05, 3.63) is 0 Å². The summed E-state index contributed by atoms with van der Waals surface area (Å²) in [6.07, 6.45) is 5.59. The Morgan fingerprint density at radius 1 is 1.12 bits per heavy atom. The first kappa shape index (κ1) is 12.4. The van der Waals surface area contributed by atoms with Crippen LogP contribution in [0.15, 0.2) is 0 Å². The van der Waals surface area contributed by atoms with E-state index in [1.807, 2.05) is 0 Å². The molecule has 2 rings (SSSR count). The highest BCUT2D eigenvalue weighted by Crippen LogP contribution is 2.36. The molecule has 0 spiro atoms. The Bertz CT molecular complexity index is 231. The second kappa shape index (κ2) is 4.66. The fraction of sp³-hybridized carbons (Fsp3) is 1.00. The molecule has 0 aromatic carbocycles. The standard InChI is InChI=1S/C14H28N2/c1-14(2,3)11-8-9-16(10-11)13-7-5-6-12(13)15-4/h11-13,15H,5-10H2,1-4H3. The van der Waals surface area contributed by atoms with Crippen LogP contribution in [0.5, 0.6) is 0 Å². The molecule has 0 amide bonds. The first-order chi connectivity index (χ1) is 7.52. The Morgan fingerprint density at radius 2 is 1.88 bits per heavy atom. The van der Waals surface area contributed by atoms with Crippen LogP contribution in [0.25, 0.3) is 0 Å². The van der Waals surface area contributed by atoms with Crippen molar-refractivity contribution >= 4 is 0 Å². The number of hydrogen-bond acceptors (Lipinski definition) is 2. The van der Waals surface area contributed by atoms with Gasteiger partial charge in [0.15, 0.2) is 0 Å². The van der Waals surface area contributed by atoms with Crippen molar-refractivity contribution in [2.75, 3.05) is 20.1 Å². The Balaban J connectivity index is 1.93. The number of nitrogens with zero attached hydrogens (tertiary/aromatic N) is 1. The highest BCUT2D eigenvalue weighted by Gasteiger charge is 2.38. The summed E-state index contributed by atoms with van der Waals surface area (Å²) in [4.78, 5) is 2.75. The van der Waals surface area contributed by atoms with Crippen LogP contribution in [0, 0.1) is 11.3 Å².